The van der Waals surface area contributed by atoms with Crippen LogP contribution in [0.3, 0.4) is 0 Å². The molecule has 0 atom stereocenters. The summed E-state index contributed by atoms with van der Waals surface area (Å²) in [6.07, 6.45) is 6.32. The predicted octanol–water partition coefficient (Wildman–Crippen LogP) is 3.03. The lowest BCUT2D eigenvalue weighted by atomic mass is 10.1. The largest absolute Gasteiger partial charge is 0.357 e. The van der Waals surface area contributed by atoms with E-state index in [0.29, 0.717) is 37.2 Å². The van der Waals surface area contributed by atoms with Crippen LogP contribution in [0.4, 0.5) is 0 Å². The SMILES string of the molecule is CCNC(=NCCCN1CCCCCC1=O)NCCCCN1C(=O)c2ccccc2C1=O.I. The fourth-order valence-corrected chi connectivity index (χ4v) is 4.11. The number of imide groups is 1. The molecule has 3 amide bonds. The number of aliphatic imine (C=N–C) groups is 1. The Bertz CT molecular complexity index is 810. The van der Waals surface area contributed by atoms with Gasteiger partial charge in [0.2, 0.25) is 5.91 Å². The van der Waals surface area contributed by atoms with Crippen molar-refractivity contribution < 1.29 is 14.4 Å². The molecule has 8 nitrogen and oxygen atoms in total. The normalized spacial score (nSPS) is 16.4. The molecule has 0 aliphatic carbocycles. The summed E-state index contributed by atoms with van der Waals surface area (Å²) in [6.45, 7) is 6.22. The summed E-state index contributed by atoms with van der Waals surface area (Å²) in [6, 6.07) is 6.98. The molecule has 0 radical (unpaired) electrons. The van der Waals surface area contributed by atoms with Crippen LogP contribution in [0.5, 0.6) is 0 Å². The highest BCUT2D eigenvalue weighted by Gasteiger charge is 2.34. The van der Waals surface area contributed by atoms with Crippen LogP contribution in [0.1, 0.15) is 72.6 Å². The molecule has 1 fully saturated rings. The van der Waals surface area contributed by atoms with Gasteiger partial charge >= 0.3 is 0 Å². The molecular formula is C24H36IN5O3. The van der Waals surface area contributed by atoms with Gasteiger partial charge in [0.1, 0.15) is 0 Å². The van der Waals surface area contributed by atoms with Gasteiger partial charge in [0.25, 0.3) is 11.8 Å². The monoisotopic (exact) mass is 569 g/mol. The Morgan fingerprint density at radius 2 is 1.67 bits per heavy atom. The Balaban J connectivity index is 0.00000385. The Morgan fingerprint density at radius 1 is 0.939 bits per heavy atom. The maximum Gasteiger partial charge on any atom is 0.261 e. The van der Waals surface area contributed by atoms with E-state index in [9.17, 15) is 14.4 Å². The molecule has 2 aliphatic heterocycles. The molecule has 1 saturated heterocycles. The van der Waals surface area contributed by atoms with Gasteiger partial charge in [-0.1, -0.05) is 18.6 Å². The van der Waals surface area contributed by atoms with E-state index in [1.807, 2.05) is 11.8 Å². The van der Waals surface area contributed by atoms with Crippen LogP contribution in [0.2, 0.25) is 0 Å². The zero-order valence-electron chi connectivity index (χ0n) is 19.5. The number of nitrogens with zero attached hydrogens (tertiary/aromatic N) is 3. The van der Waals surface area contributed by atoms with E-state index in [1.54, 1.807) is 24.3 Å². The average Bonchev–Trinajstić information content (AvgIpc) is 2.92. The Labute approximate surface area is 213 Å². The number of nitrogens with one attached hydrogen (secondary N) is 2. The minimum atomic E-state index is -0.198. The first-order valence-corrected chi connectivity index (χ1v) is 11.9. The molecule has 0 saturated carbocycles. The highest BCUT2D eigenvalue weighted by atomic mass is 127. The van der Waals surface area contributed by atoms with Crippen molar-refractivity contribution in [3.63, 3.8) is 0 Å². The molecule has 1 aromatic rings. The summed E-state index contributed by atoms with van der Waals surface area (Å²) in [5, 5.41) is 6.55. The molecule has 182 valence electrons. The van der Waals surface area contributed by atoms with Crippen LogP contribution in [-0.2, 0) is 4.79 Å². The Hall–Kier alpha value is -2.17. The minimum Gasteiger partial charge on any atom is -0.357 e. The lowest BCUT2D eigenvalue weighted by molar-refractivity contribution is -0.130. The lowest BCUT2D eigenvalue weighted by Gasteiger charge is -2.20. The van der Waals surface area contributed by atoms with E-state index in [-0.39, 0.29) is 41.7 Å². The van der Waals surface area contributed by atoms with Crippen molar-refractivity contribution in [3.8, 4) is 0 Å². The molecule has 33 heavy (non-hydrogen) atoms. The lowest BCUT2D eigenvalue weighted by Crippen LogP contribution is -2.38. The van der Waals surface area contributed by atoms with Gasteiger partial charge in [-0.05, 0) is 51.2 Å². The number of hydrogen-bond donors (Lipinski definition) is 2. The van der Waals surface area contributed by atoms with Crippen LogP contribution in [0, 0.1) is 0 Å². The smallest absolute Gasteiger partial charge is 0.261 e. The Kier molecular flexibility index (Phi) is 11.6. The molecular weight excluding hydrogens is 533 g/mol. The number of unbranched alkanes of at least 4 members (excludes halogenated alkanes) is 1. The van der Waals surface area contributed by atoms with Crippen molar-refractivity contribution in [2.75, 3.05) is 39.3 Å². The van der Waals surface area contributed by atoms with Crippen molar-refractivity contribution in [2.45, 2.75) is 51.9 Å². The molecule has 9 heteroatoms. The first kappa shape index (κ1) is 27.1. The zero-order valence-corrected chi connectivity index (χ0v) is 21.8. The maximum atomic E-state index is 12.4. The van der Waals surface area contributed by atoms with Crippen LogP contribution in [0.15, 0.2) is 29.3 Å². The third-order valence-electron chi connectivity index (χ3n) is 5.85. The fraction of sp³-hybridized carbons (Fsp3) is 0.583. The number of hydrogen-bond acceptors (Lipinski definition) is 4. The summed E-state index contributed by atoms with van der Waals surface area (Å²) in [5.41, 5.74) is 0.998. The second-order valence-electron chi connectivity index (χ2n) is 8.25. The Morgan fingerprint density at radius 3 is 2.36 bits per heavy atom. The van der Waals surface area contributed by atoms with Gasteiger partial charge in [0, 0.05) is 45.7 Å². The maximum absolute atomic E-state index is 12.4. The van der Waals surface area contributed by atoms with Crippen molar-refractivity contribution in [1.29, 1.82) is 0 Å². The van der Waals surface area contributed by atoms with Crippen molar-refractivity contribution in [1.82, 2.24) is 20.4 Å². The summed E-state index contributed by atoms with van der Waals surface area (Å²) in [4.78, 5) is 44.8. The van der Waals surface area contributed by atoms with Crippen molar-refractivity contribution in [2.24, 2.45) is 4.99 Å². The van der Waals surface area contributed by atoms with E-state index < -0.39 is 0 Å². The van der Waals surface area contributed by atoms with E-state index >= 15 is 0 Å². The van der Waals surface area contributed by atoms with Gasteiger partial charge in [0.15, 0.2) is 5.96 Å². The van der Waals surface area contributed by atoms with Gasteiger partial charge in [-0.3, -0.25) is 24.3 Å². The summed E-state index contributed by atoms with van der Waals surface area (Å²) >= 11 is 0. The predicted molar refractivity (Wildman–Crippen MR) is 140 cm³/mol. The van der Waals surface area contributed by atoms with Crippen LogP contribution in [-0.4, -0.2) is 72.7 Å². The number of carbonyl (C=O) groups is 3. The van der Waals surface area contributed by atoms with E-state index in [1.165, 1.54) is 4.90 Å². The summed E-state index contributed by atoms with van der Waals surface area (Å²) < 4.78 is 0. The number of benzene rings is 1. The van der Waals surface area contributed by atoms with Gasteiger partial charge in [0.05, 0.1) is 11.1 Å². The van der Waals surface area contributed by atoms with Crippen molar-refractivity contribution >= 4 is 47.7 Å². The number of carbonyl (C=O) groups excluding carboxylic acids is 3. The number of likely N-dealkylation sites (tertiary alicyclic amines) is 1. The van der Waals surface area contributed by atoms with E-state index in [4.69, 9.17) is 0 Å². The van der Waals surface area contributed by atoms with Gasteiger partial charge in [-0.15, -0.1) is 24.0 Å². The minimum absolute atomic E-state index is 0. The van der Waals surface area contributed by atoms with Gasteiger partial charge < -0.3 is 15.5 Å². The zero-order chi connectivity index (χ0) is 22.8. The molecule has 0 unspecified atom stereocenters. The van der Waals surface area contributed by atoms with E-state index in [0.717, 1.165) is 64.1 Å². The van der Waals surface area contributed by atoms with E-state index in [2.05, 4.69) is 15.6 Å². The van der Waals surface area contributed by atoms with Gasteiger partial charge in [-0.25, -0.2) is 0 Å². The quantitative estimate of drug-likeness (QED) is 0.149. The highest BCUT2D eigenvalue weighted by molar-refractivity contribution is 14.0. The molecule has 0 spiro atoms. The van der Waals surface area contributed by atoms with Gasteiger partial charge in [-0.2, -0.15) is 0 Å². The first-order valence-electron chi connectivity index (χ1n) is 11.9. The van der Waals surface area contributed by atoms with Crippen LogP contribution >= 0.6 is 24.0 Å². The van der Waals surface area contributed by atoms with Crippen molar-refractivity contribution in [3.05, 3.63) is 35.4 Å². The average molecular weight is 569 g/mol. The second kappa shape index (κ2) is 14.2. The second-order valence-corrected chi connectivity index (χ2v) is 8.25. The standard InChI is InChI=1S/C24H35N5O3.HI/c1-2-25-24(27-15-10-17-28-16-8-3-4-13-21(28)30)26-14-7-9-18-29-22(31)19-11-5-6-12-20(19)23(29)32;/h5-6,11-12H,2-4,7-10,13-18H2,1H3,(H2,25,26,27);1H. The third kappa shape index (κ3) is 7.68. The number of guanidine groups is 1. The van der Waals surface area contributed by atoms with Crippen LogP contribution < -0.4 is 10.6 Å². The third-order valence-corrected chi connectivity index (χ3v) is 5.85. The number of rotatable bonds is 10. The summed E-state index contributed by atoms with van der Waals surface area (Å²) in [7, 11) is 0. The topological polar surface area (TPSA) is 94.1 Å². The molecule has 2 heterocycles. The first-order chi connectivity index (χ1) is 15.6. The number of halogens is 1. The molecule has 2 N–H and O–H groups in total. The van der Waals surface area contributed by atoms with Crippen LogP contribution in [0.25, 0.3) is 0 Å². The molecule has 0 aromatic heterocycles. The molecule has 1 aromatic carbocycles. The molecule has 0 bridgehead atoms. The fourth-order valence-electron chi connectivity index (χ4n) is 4.11. The molecule has 2 aliphatic rings. The summed E-state index contributed by atoms with van der Waals surface area (Å²) in [5.74, 6) is 0.637. The number of fused-ring (bicyclic) bond motifs is 1. The number of amides is 3. The molecule has 3 rings (SSSR count). The highest BCUT2D eigenvalue weighted by Crippen LogP contribution is 2.22.